The molecule has 0 radical (unpaired) electrons. The number of rotatable bonds is 5. The topological polar surface area (TPSA) is 132 Å². The molecule has 10 heteroatoms. The maximum Gasteiger partial charge on any atom is 0.295 e. The molecule has 10 nitrogen and oxygen atoms in total. The standard InChI is InChI=1S/C25H19N3O7/c29-23(17-4-5-19-20(13-17)35-11-10-34-19)21-22(16-2-1-3-18(12-16)28(32)33)27(25(31)24(21)30)14-15-6-8-26-9-7-15/h1-9,12-13,22,29H,10-11,14H2. The van der Waals surface area contributed by atoms with Gasteiger partial charge in [-0.3, -0.25) is 24.7 Å². The molecule has 1 aromatic heterocycles. The molecule has 2 aromatic carbocycles. The quantitative estimate of drug-likeness (QED) is 0.196. The second-order valence-corrected chi connectivity index (χ2v) is 7.99. The number of nitro benzene ring substituents is 1. The van der Waals surface area contributed by atoms with Crippen molar-refractivity contribution in [1.82, 2.24) is 9.88 Å². The normalized spacial score (nSPS) is 18.5. The predicted octanol–water partition coefficient (Wildman–Crippen LogP) is 3.38. The summed E-state index contributed by atoms with van der Waals surface area (Å²) in [5.74, 6) is -1.21. The van der Waals surface area contributed by atoms with Crippen LogP contribution in [0.25, 0.3) is 5.76 Å². The molecule has 3 aromatic rings. The van der Waals surface area contributed by atoms with Crippen LogP contribution in [0.3, 0.4) is 0 Å². The first-order valence-electron chi connectivity index (χ1n) is 10.8. The maximum absolute atomic E-state index is 13.2. The molecular weight excluding hydrogens is 454 g/mol. The van der Waals surface area contributed by atoms with Gasteiger partial charge in [-0.15, -0.1) is 0 Å². The average Bonchev–Trinajstić information content (AvgIpc) is 3.13. The largest absolute Gasteiger partial charge is 0.507 e. The third-order valence-electron chi connectivity index (χ3n) is 5.85. The highest BCUT2D eigenvalue weighted by atomic mass is 16.6. The molecule has 5 rings (SSSR count). The number of ketones is 1. The van der Waals surface area contributed by atoms with Crippen LogP contribution in [-0.4, -0.2) is 44.8 Å². The Morgan fingerprint density at radius 3 is 2.54 bits per heavy atom. The van der Waals surface area contributed by atoms with E-state index < -0.39 is 28.4 Å². The lowest BCUT2D eigenvalue weighted by Gasteiger charge is -2.25. The zero-order valence-corrected chi connectivity index (χ0v) is 18.3. The molecule has 0 aliphatic carbocycles. The van der Waals surface area contributed by atoms with Crippen molar-refractivity contribution in [3.63, 3.8) is 0 Å². The van der Waals surface area contributed by atoms with E-state index in [0.29, 0.717) is 35.8 Å². The van der Waals surface area contributed by atoms with Crippen LogP contribution >= 0.6 is 0 Å². The summed E-state index contributed by atoms with van der Waals surface area (Å²) in [6.07, 6.45) is 3.12. The molecule has 1 N–H and O–H groups in total. The molecule has 2 aliphatic rings. The first-order chi connectivity index (χ1) is 16.9. The lowest BCUT2D eigenvalue weighted by molar-refractivity contribution is -0.384. The van der Waals surface area contributed by atoms with Crippen LogP contribution in [0.5, 0.6) is 11.5 Å². The van der Waals surface area contributed by atoms with E-state index in [1.54, 1.807) is 42.7 Å². The van der Waals surface area contributed by atoms with Crippen LogP contribution < -0.4 is 9.47 Å². The second-order valence-electron chi connectivity index (χ2n) is 7.99. The zero-order valence-electron chi connectivity index (χ0n) is 18.3. The number of aliphatic hydroxyl groups excluding tert-OH is 1. The van der Waals surface area contributed by atoms with E-state index in [1.165, 1.54) is 29.2 Å². The Balaban J connectivity index is 1.65. The number of carbonyl (C=O) groups excluding carboxylic acids is 2. The molecule has 2 aliphatic heterocycles. The van der Waals surface area contributed by atoms with Gasteiger partial charge in [0, 0.05) is 36.6 Å². The summed E-state index contributed by atoms with van der Waals surface area (Å²) in [6, 6.07) is 12.7. The predicted molar refractivity (Wildman–Crippen MR) is 123 cm³/mol. The van der Waals surface area contributed by atoms with Gasteiger partial charge in [0.2, 0.25) is 0 Å². The molecule has 35 heavy (non-hydrogen) atoms. The van der Waals surface area contributed by atoms with Gasteiger partial charge >= 0.3 is 0 Å². The fraction of sp³-hybridized carbons (Fsp3) is 0.160. The Hall–Kier alpha value is -4.73. The fourth-order valence-corrected chi connectivity index (χ4v) is 4.23. The Kier molecular flexibility index (Phi) is 5.61. The fourth-order valence-electron chi connectivity index (χ4n) is 4.23. The Bertz CT molecular complexity index is 1370. The minimum atomic E-state index is -1.05. The van der Waals surface area contributed by atoms with Gasteiger partial charge in [0.25, 0.3) is 17.4 Å². The number of nitrogens with zero attached hydrogens (tertiary/aromatic N) is 3. The first kappa shape index (κ1) is 22.1. The van der Waals surface area contributed by atoms with Gasteiger partial charge in [-0.05, 0) is 41.5 Å². The van der Waals surface area contributed by atoms with Crippen molar-refractivity contribution in [3.8, 4) is 11.5 Å². The summed E-state index contributed by atoms with van der Waals surface area (Å²) in [4.78, 5) is 42.4. The van der Waals surface area contributed by atoms with Crippen molar-refractivity contribution < 1.29 is 29.1 Å². The lowest BCUT2D eigenvalue weighted by Crippen LogP contribution is -2.29. The second kappa shape index (κ2) is 8.90. The summed E-state index contributed by atoms with van der Waals surface area (Å²) >= 11 is 0. The molecule has 176 valence electrons. The molecule has 0 spiro atoms. The van der Waals surface area contributed by atoms with E-state index in [9.17, 15) is 24.8 Å². The summed E-state index contributed by atoms with van der Waals surface area (Å²) in [5, 5.41) is 22.7. The number of hydrogen-bond donors (Lipinski definition) is 1. The van der Waals surface area contributed by atoms with Crippen molar-refractivity contribution >= 4 is 23.1 Å². The number of nitro groups is 1. The van der Waals surface area contributed by atoms with Crippen LogP contribution in [0.2, 0.25) is 0 Å². The van der Waals surface area contributed by atoms with Gasteiger partial charge in [-0.1, -0.05) is 12.1 Å². The minimum Gasteiger partial charge on any atom is -0.507 e. The minimum absolute atomic E-state index is 0.0401. The molecule has 1 fully saturated rings. The van der Waals surface area contributed by atoms with Gasteiger partial charge in [0.05, 0.1) is 16.5 Å². The molecular formula is C25H19N3O7. The average molecular weight is 473 g/mol. The van der Waals surface area contributed by atoms with Gasteiger partial charge in [0.15, 0.2) is 11.5 Å². The monoisotopic (exact) mass is 473 g/mol. The number of ether oxygens (including phenoxy) is 2. The number of likely N-dealkylation sites (tertiary alicyclic amines) is 1. The van der Waals surface area contributed by atoms with Crippen LogP contribution in [0, 0.1) is 10.1 Å². The number of fused-ring (bicyclic) bond motifs is 1. The number of carbonyl (C=O) groups is 2. The zero-order chi connectivity index (χ0) is 24.5. The van der Waals surface area contributed by atoms with Crippen LogP contribution in [0.4, 0.5) is 5.69 Å². The van der Waals surface area contributed by atoms with Crippen LogP contribution in [-0.2, 0) is 16.1 Å². The van der Waals surface area contributed by atoms with E-state index in [1.807, 2.05) is 0 Å². The van der Waals surface area contributed by atoms with Gasteiger partial charge in [-0.2, -0.15) is 0 Å². The number of Topliss-reactive ketones (excluding diaryl/α,β-unsaturated/α-hetero) is 1. The van der Waals surface area contributed by atoms with Crippen molar-refractivity contribution in [1.29, 1.82) is 0 Å². The number of aliphatic hydroxyl groups is 1. The number of aromatic nitrogens is 1. The van der Waals surface area contributed by atoms with Crippen LogP contribution in [0.1, 0.15) is 22.7 Å². The molecule has 0 bridgehead atoms. The van der Waals surface area contributed by atoms with E-state index >= 15 is 0 Å². The number of hydrogen-bond acceptors (Lipinski definition) is 8. The molecule has 1 amide bonds. The van der Waals surface area contributed by atoms with Crippen molar-refractivity contribution in [3.05, 3.63) is 99.4 Å². The van der Waals surface area contributed by atoms with E-state index in [-0.39, 0.29) is 23.4 Å². The summed E-state index contributed by atoms with van der Waals surface area (Å²) in [6.45, 7) is 0.769. The SMILES string of the molecule is O=C1C(=O)N(Cc2ccncc2)C(c2cccc([N+](=O)[O-])c2)C1=C(O)c1ccc2c(c1)OCCO2. The maximum atomic E-state index is 13.2. The molecule has 1 unspecified atom stereocenters. The van der Waals surface area contributed by atoms with Crippen molar-refractivity contribution in [2.45, 2.75) is 12.6 Å². The summed E-state index contributed by atoms with van der Waals surface area (Å²) in [7, 11) is 0. The van der Waals surface area contributed by atoms with Gasteiger partial charge in [0.1, 0.15) is 19.0 Å². The number of non-ortho nitro benzene ring substituents is 1. The Morgan fingerprint density at radius 2 is 1.80 bits per heavy atom. The molecule has 3 heterocycles. The van der Waals surface area contributed by atoms with Crippen molar-refractivity contribution in [2.24, 2.45) is 0 Å². The van der Waals surface area contributed by atoms with Gasteiger partial charge < -0.3 is 19.5 Å². The van der Waals surface area contributed by atoms with E-state index in [4.69, 9.17) is 9.47 Å². The molecule has 1 atom stereocenters. The smallest absolute Gasteiger partial charge is 0.295 e. The highest BCUT2D eigenvalue weighted by Crippen LogP contribution is 2.42. The highest BCUT2D eigenvalue weighted by Gasteiger charge is 2.46. The summed E-state index contributed by atoms with van der Waals surface area (Å²) in [5.41, 5.74) is 0.923. The summed E-state index contributed by atoms with van der Waals surface area (Å²) < 4.78 is 11.1. The number of amides is 1. The van der Waals surface area contributed by atoms with Gasteiger partial charge in [-0.25, -0.2) is 0 Å². The van der Waals surface area contributed by atoms with E-state index in [2.05, 4.69) is 4.98 Å². The number of benzene rings is 2. The van der Waals surface area contributed by atoms with Crippen LogP contribution in [0.15, 0.2) is 72.6 Å². The first-order valence-corrected chi connectivity index (χ1v) is 10.8. The Morgan fingerprint density at radius 1 is 1.06 bits per heavy atom. The third-order valence-corrected chi connectivity index (χ3v) is 5.85. The number of pyridine rings is 1. The highest BCUT2D eigenvalue weighted by molar-refractivity contribution is 6.46. The molecule has 1 saturated heterocycles. The van der Waals surface area contributed by atoms with Crippen molar-refractivity contribution in [2.75, 3.05) is 13.2 Å². The lowest BCUT2D eigenvalue weighted by atomic mass is 9.94. The Labute approximate surface area is 199 Å². The van der Waals surface area contributed by atoms with E-state index in [0.717, 1.165) is 0 Å². The molecule has 0 saturated carbocycles. The third kappa shape index (κ3) is 4.05.